The second kappa shape index (κ2) is 7.67. The minimum atomic E-state index is 0.900. The molecule has 0 heterocycles. The van der Waals surface area contributed by atoms with Crippen LogP contribution in [0.4, 0.5) is 5.69 Å². The molecule has 0 amide bonds. The van der Waals surface area contributed by atoms with Crippen LogP contribution >= 0.6 is 15.9 Å². The molecule has 0 unspecified atom stereocenters. The fourth-order valence-corrected chi connectivity index (χ4v) is 3.38. The van der Waals surface area contributed by atoms with Crippen LogP contribution in [-0.2, 0) is 13.1 Å². The Morgan fingerprint density at radius 1 is 0.667 bits per heavy atom. The molecule has 24 heavy (non-hydrogen) atoms. The third kappa shape index (κ3) is 3.88. The van der Waals surface area contributed by atoms with E-state index in [1.54, 1.807) is 0 Å². The second-order valence-corrected chi connectivity index (χ2v) is 7.00. The van der Waals surface area contributed by atoms with Crippen molar-refractivity contribution < 1.29 is 0 Å². The van der Waals surface area contributed by atoms with E-state index in [2.05, 4.69) is 107 Å². The molecule has 0 saturated carbocycles. The van der Waals surface area contributed by atoms with Gasteiger partial charge in [-0.3, -0.25) is 0 Å². The summed E-state index contributed by atoms with van der Waals surface area (Å²) in [6.45, 7) is 6.18. The Morgan fingerprint density at radius 2 is 1.17 bits per heavy atom. The zero-order valence-corrected chi connectivity index (χ0v) is 15.8. The average Bonchev–Trinajstić information content (AvgIpc) is 2.61. The highest BCUT2D eigenvalue weighted by molar-refractivity contribution is 9.10. The van der Waals surface area contributed by atoms with E-state index in [4.69, 9.17) is 0 Å². The zero-order valence-electron chi connectivity index (χ0n) is 14.2. The molecular weight excluding hydrogens is 358 g/mol. The third-order valence-electron chi connectivity index (χ3n) is 4.47. The number of nitrogens with zero attached hydrogens (tertiary/aromatic N) is 1. The fraction of sp³-hybridized carbons (Fsp3) is 0.182. The molecule has 0 bridgehead atoms. The fourth-order valence-electron chi connectivity index (χ4n) is 2.95. The maximum atomic E-state index is 3.64. The Hall–Kier alpha value is -2.06. The molecule has 0 spiro atoms. The summed E-state index contributed by atoms with van der Waals surface area (Å²) < 4.78 is 1.17. The summed E-state index contributed by atoms with van der Waals surface area (Å²) in [6.07, 6.45) is 0. The molecule has 0 aliphatic rings. The third-order valence-corrected chi connectivity index (χ3v) is 5.32. The van der Waals surface area contributed by atoms with Gasteiger partial charge in [-0.15, -0.1) is 0 Å². The topological polar surface area (TPSA) is 3.24 Å². The lowest BCUT2D eigenvalue weighted by Crippen LogP contribution is -2.23. The highest BCUT2D eigenvalue weighted by Gasteiger charge is 2.13. The van der Waals surface area contributed by atoms with Crippen LogP contribution in [0.3, 0.4) is 0 Å². The number of benzene rings is 3. The first-order chi connectivity index (χ1) is 11.6. The minimum absolute atomic E-state index is 0.900. The molecule has 3 aromatic rings. The van der Waals surface area contributed by atoms with Gasteiger partial charge in [0, 0.05) is 23.2 Å². The molecule has 0 atom stereocenters. The first-order valence-corrected chi connectivity index (χ1v) is 9.03. The van der Waals surface area contributed by atoms with Gasteiger partial charge in [0.05, 0.1) is 0 Å². The first kappa shape index (κ1) is 16.8. The Balaban J connectivity index is 1.97. The standard InChI is InChI=1S/C22H22BrN/c1-17-18(2)22(14-13-21(17)23)24(15-19-9-5-3-6-10-19)16-20-11-7-4-8-12-20/h3-14H,15-16H2,1-2H3. The maximum Gasteiger partial charge on any atom is 0.0433 e. The predicted molar refractivity (Wildman–Crippen MR) is 106 cm³/mol. The van der Waals surface area contributed by atoms with Gasteiger partial charge in [-0.05, 0) is 48.2 Å². The molecule has 1 nitrogen and oxygen atoms in total. The molecule has 0 N–H and O–H groups in total. The van der Waals surface area contributed by atoms with Gasteiger partial charge in [0.2, 0.25) is 0 Å². The lowest BCUT2D eigenvalue weighted by Gasteiger charge is -2.28. The van der Waals surface area contributed by atoms with Crippen molar-refractivity contribution in [3.8, 4) is 0 Å². The summed E-state index contributed by atoms with van der Waals surface area (Å²) >= 11 is 3.64. The second-order valence-electron chi connectivity index (χ2n) is 6.14. The van der Waals surface area contributed by atoms with E-state index in [0.29, 0.717) is 0 Å². The minimum Gasteiger partial charge on any atom is -0.363 e. The molecule has 0 saturated heterocycles. The lowest BCUT2D eigenvalue weighted by atomic mass is 10.1. The van der Waals surface area contributed by atoms with Gasteiger partial charge in [-0.25, -0.2) is 0 Å². The summed E-state index contributed by atoms with van der Waals surface area (Å²) in [5.41, 5.74) is 6.58. The lowest BCUT2D eigenvalue weighted by molar-refractivity contribution is 0.795. The highest BCUT2D eigenvalue weighted by atomic mass is 79.9. The van der Waals surface area contributed by atoms with Crippen LogP contribution < -0.4 is 4.90 Å². The van der Waals surface area contributed by atoms with Gasteiger partial charge in [0.1, 0.15) is 0 Å². The zero-order chi connectivity index (χ0) is 16.9. The van der Waals surface area contributed by atoms with Crippen LogP contribution in [-0.4, -0.2) is 0 Å². The van der Waals surface area contributed by atoms with Crippen LogP contribution in [0.15, 0.2) is 77.3 Å². The summed E-state index contributed by atoms with van der Waals surface area (Å²) in [7, 11) is 0. The van der Waals surface area contributed by atoms with E-state index in [0.717, 1.165) is 13.1 Å². The smallest absolute Gasteiger partial charge is 0.0433 e. The van der Waals surface area contributed by atoms with E-state index in [9.17, 15) is 0 Å². The van der Waals surface area contributed by atoms with Crippen molar-refractivity contribution in [3.63, 3.8) is 0 Å². The normalized spacial score (nSPS) is 10.6. The number of hydrogen-bond donors (Lipinski definition) is 0. The van der Waals surface area contributed by atoms with Gasteiger partial charge < -0.3 is 4.90 Å². The molecule has 0 aromatic heterocycles. The summed E-state index contributed by atoms with van der Waals surface area (Å²) in [5.74, 6) is 0. The van der Waals surface area contributed by atoms with E-state index in [1.165, 1.54) is 32.4 Å². The molecule has 0 radical (unpaired) electrons. The molecule has 0 aliphatic carbocycles. The molecule has 0 aliphatic heterocycles. The van der Waals surface area contributed by atoms with Crippen molar-refractivity contribution in [1.82, 2.24) is 0 Å². The Bertz CT molecular complexity index is 755. The van der Waals surface area contributed by atoms with Crippen LogP contribution in [0.25, 0.3) is 0 Å². The van der Waals surface area contributed by atoms with Crippen LogP contribution in [0.2, 0.25) is 0 Å². The number of halogens is 1. The maximum absolute atomic E-state index is 3.64. The van der Waals surface area contributed by atoms with Gasteiger partial charge in [0.15, 0.2) is 0 Å². The van der Waals surface area contributed by atoms with Gasteiger partial charge in [0.25, 0.3) is 0 Å². The van der Waals surface area contributed by atoms with Crippen molar-refractivity contribution in [3.05, 3.63) is 99.5 Å². The molecule has 0 fully saturated rings. The van der Waals surface area contributed by atoms with E-state index < -0.39 is 0 Å². The highest BCUT2D eigenvalue weighted by Crippen LogP contribution is 2.30. The van der Waals surface area contributed by atoms with Gasteiger partial charge >= 0.3 is 0 Å². The largest absolute Gasteiger partial charge is 0.363 e. The summed E-state index contributed by atoms with van der Waals surface area (Å²) in [5, 5.41) is 0. The molecular formula is C22H22BrN. The quantitative estimate of drug-likeness (QED) is 0.504. The van der Waals surface area contributed by atoms with Crippen LogP contribution in [0.5, 0.6) is 0 Å². The van der Waals surface area contributed by atoms with Crippen molar-refractivity contribution >= 4 is 21.6 Å². The van der Waals surface area contributed by atoms with Crippen LogP contribution in [0.1, 0.15) is 22.3 Å². The van der Waals surface area contributed by atoms with E-state index >= 15 is 0 Å². The predicted octanol–water partition coefficient (Wildman–Crippen LogP) is 6.27. The Morgan fingerprint density at radius 3 is 1.67 bits per heavy atom. The molecule has 3 aromatic carbocycles. The van der Waals surface area contributed by atoms with Crippen molar-refractivity contribution in [2.45, 2.75) is 26.9 Å². The number of anilines is 1. The number of rotatable bonds is 5. The van der Waals surface area contributed by atoms with Gasteiger partial charge in [-0.2, -0.15) is 0 Å². The van der Waals surface area contributed by atoms with Crippen LogP contribution in [0, 0.1) is 13.8 Å². The van der Waals surface area contributed by atoms with Gasteiger partial charge in [-0.1, -0.05) is 76.6 Å². The summed E-state index contributed by atoms with van der Waals surface area (Å²) in [4.78, 5) is 2.46. The number of hydrogen-bond acceptors (Lipinski definition) is 1. The Kier molecular flexibility index (Phi) is 5.37. The monoisotopic (exact) mass is 379 g/mol. The van der Waals surface area contributed by atoms with Crippen molar-refractivity contribution in [1.29, 1.82) is 0 Å². The van der Waals surface area contributed by atoms with E-state index in [-0.39, 0.29) is 0 Å². The van der Waals surface area contributed by atoms with Crippen molar-refractivity contribution in [2.75, 3.05) is 4.90 Å². The Labute approximate surface area is 153 Å². The average molecular weight is 380 g/mol. The SMILES string of the molecule is Cc1c(Br)ccc(N(Cc2ccccc2)Cc2ccccc2)c1C. The summed E-state index contributed by atoms with van der Waals surface area (Å²) in [6, 6.07) is 25.7. The molecule has 122 valence electrons. The van der Waals surface area contributed by atoms with Crippen molar-refractivity contribution in [2.24, 2.45) is 0 Å². The molecule has 2 heteroatoms. The van der Waals surface area contributed by atoms with E-state index in [1.807, 2.05) is 0 Å². The first-order valence-electron chi connectivity index (χ1n) is 8.23. The molecule has 3 rings (SSSR count).